The number of rotatable bonds is 8. The van der Waals surface area contributed by atoms with E-state index in [1.807, 2.05) is 49.4 Å². The zero-order chi connectivity index (χ0) is 21.3. The number of hydrogen-bond acceptors (Lipinski definition) is 4. The molecule has 0 radical (unpaired) electrons. The molecule has 6 heteroatoms. The highest BCUT2D eigenvalue weighted by Crippen LogP contribution is 2.26. The maximum Gasteiger partial charge on any atom is 0.319 e. The van der Waals surface area contributed by atoms with Gasteiger partial charge in [0.25, 0.3) is 0 Å². The van der Waals surface area contributed by atoms with E-state index in [0.717, 1.165) is 11.1 Å². The Bertz CT molecular complexity index is 959. The highest BCUT2D eigenvalue weighted by atomic mass is 16.5. The molecule has 0 spiro atoms. The van der Waals surface area contributed by atoms with Gasteiger partial charge in [0.1, 0.15) is 18.1 Å². The van der Waals surface area contributed by atoms with Crippen LogP contribution in [0.1, 0.15) is 22.8 Å². The molecule has 30 heavy (non-hydrogen) atoms. The molecule has 156 valence electrons. The summed E-state index contributed by atoms with van der Waals surface area (Å²) in [6, 6.07) is 22.0. The average Bonchev–Trinajstić information content (AvgIpc) is 2.78. The van der Waals surface area contributed by atoms with Crippen LogP contribution < -0.4 is 20.1 Å². The van der Waals surface area contributed by atoms with E-state index in [0.29, 0.717) is 29.4 Å². The minimum Gasteiger partial charge on any atom is -0.497 e. The van der Waals surface area contributed by atoms with Gasteiger partial charge in [-0.25, -0.2) is 4.79 Å². The topological polar surface area (TPSA) is 79.8 Å². The molecule has 0 fully saturated rings. The highest BCUT2D eigenvalue weighted by molar-refractivity contribution is 5.91. The zero-order valence-electron chi connectivity index (χ0n) is 17.1. The fraction of sp³-hybridized carbons (Fsp3) is 0.208. The van der Waals surface area contributed by atoms with Crippen LogP contribution in [0.2, 0.25) is 0 Å². The first-order valence-corrected chi connectivity index (χ1v) is 9.69. The van der Waals surface area contributed by atoms with Crippen LogP contribution in [0.25, 0.3) is 0 Å². The van der Waals surface area contributed by atoms with Crippen molar-refractivity contribution in [3.05, 3.63) is 89.5 Å². The van der Waals surface area contributed by atoms with Gasteiger partial charge in [-0.05, 0) is 47.9 Å². The molecule has 3 aromatic carbocycles. The Labute approximate surface area is 176 Å². The summed E-state index contributed by atoms with van der Waals surface area (Å²) in [5.41, 5.74) is 3.32. The lowest BCUT2D eigenvalue weighted by Gasteiger charge is -2.16. The van der Waals surface area contributed by atoms with Gasteiger partial charge in [0.2, 0.25) is 0 Å². The second kappa shape index (κ2) is 10.3. The molecule has 3 N–H and O–H groups in total. The molecule has 3 rings (SSSR count). The normalized spacial score (nSPS) is 11.4. The molecule has 0 bridgehead atoms. The summed E-state index contributed by atoms with van der Waals surface area (Å²) in [6.45, 7) is 2.44. The number of aryl methyl sites for hydroxylation is 1. The summed E-state index contributed by atoms with van der Waals surface area (Å²) < 4.78 is 11.0. The molecule has 1 unspecified atom stereocenters. The van der Waals surface area contributed by atoms with E-state index >= 15 is 0 Å². The third-order valence-corrected chi connectivity index (χ3v) is 4.58. The minimum atomic E-state index is -0.825. The smallest absolute Gasteiger partial charge is 0.319 e. The number of hydrogen-bond donors (Lipinski definition) is 3. The van der Waals surface area contributed by atoms with Gasteiger partial charge in [0.05, 0.1) is 18.9 Å². The van der Waals surface area contributed by atoms with Gasteiger partial charge in [-0.2, -0.15) is 0 Å². The van der Waals surface area contributed by atoms with Gasteiger partial charge >= 0.3 is 6.03 Å². The number of benzene rings is 3. The van der Waals surface area contributed by atoms with Crippen molar-refractivity contribution in [2.24, 2.45) is 0 Å². The number of carbonyl (C=O) groups excluding carboxylic acids is 1. The Kier molecular flexibility index (Phi) is 7.29. The molecule has 0 aromatic heterocycles. The molecule has 2 amide bonds. The summed E-state index contributed by atoms with van der Waals surface area (Å²) >= 11 is 0. The minimum absolute atomic E-state index is 0.0736. The quantitative estimate of drug-likeness (QED) is 0.517. The fourth-order valence-electron chi connectivity index (χ4n) is 2.89. The van der Waals surface area contributed by atoms with Crippen molar-refractivity contribution in [1.29, 1.82) is 0 Å². The maximum absolute atomic E-state index is 12.4. The monoisotopic (exact) mass is 406 g/mol. The van der Waals surface area contributed by atoms with Crippen molar-refractivity contribution >= 4 is 11.7 Å². The number of urea groups is 1. The van der Waals surface area contributed by atoms with Crippen LogP contribution in [0.5, 0.6) is 11.5 Å². The van der Waals surface area contributed by atoms with Gasteiger partial charge in [0.15, 0.2) is 0 Å². The maximum atomic E-state index is 12.4. The number of ether oxygens (including phenoxy) is 2. The molecule has 3 aromatic rings. The summed E-state index contributed by atoms with van der Waals surface area (Å²) in [5, 5.41) is 15.8. The van der Waals surface area contributed by atoms with Crippen LogP contribution in [0.3, 0.4) is 0 Å². The van der Waals surface area contributed by atoms with Crippen LogP contribution in [0, 0.1) is 6.92 Å². The van der Waals surface area contributed by atoms with Gasteiger partial charge in [-0.15, -0.1) is 0 Å². The lowest BCUT2D eigenvalue weighted by molar-refractivity contribution is 0.175. The zero-order valence-corrected chi connectivity index (χ0v) is 17.1. The number of aliphatic hydroxyl groups excluding tert-OH is 1. The largest absolute Gasteiger partial charge is 0.497 e. The van der Waals surface area contributed by atoms with Gasteiger partial charge < -0.3 is 25.2 Å². The molecular weight excluding hydrogens is 380 g/mol. The van der Waals surface area contributed by atoms with E-state index in [2.05, 4.69) is 10.6 Å². The summed E-state index contributed by atoms with van der Waals surface area (Å²) in [5.74, 6) is 1.30. The van der Waals surface area contributed by atoms with Gasteiger partial charge in [-0.3, -0.25) is 0 Å². The van der Waals surface area contributed by atoms with Crippen LogP contribution >= 0.6 is 0 Å². The molecule has 1 atom stereocenters. The number of aliphatic hydroxyl groups is 1. The average molecular weight is 406 g/mol. The lowest BCUT2D eigenvalue weighted by Crippen LogP contribution is -2.32. The van der Waals surface area contributed by atoms with Crippen LogP contribution in [0.4, 0.5) is 10.5 Å². The van der Waals surface area contributed by atoms with E-state index in [9.17, 15) is 9.90 Å². The van der Waals surface area contributed by atoms with Crippen molar-refractivity contribution < 1.29 is 19.4 Å². The molecule has 6 nitrogen and oxygen atoms in total. The second-order valence-electron chi connectivity index (χ2n) is 6.90. The Morgan fingerprint density at radius 2 is 1.77 bits per heavy atom. The van der Waals surface area contributed by atoms with Gasteiger partial charge in [0, 0.05) is 6.54 Å². The Morgan fingerprint density at radius 1 is 1.03 bits per heavy atom. The molecule has 0 saturated heterocycles. The lowest BCUT2D eigenvalue weighted by atomic mass is 10.1. The van der Waals surface area contributed by atoms with Crippen LogP contribution in [0.15, 0.2) is 72.8 Å². The van der Waals surface area contributed by atoms with Crippen molar-refractivity contribution in [2.45, 2.75) is 19.6 Å². The predicted octanol–water partition coefficient (Wildman–Crippen LogP) is 4.44. The Balaban J connectivity index is 1.57. The Morgan fingerprint density at radius 3 is 2.47 bits per heavy atom. The molecule has 0 saturated carbocycles. The van der Waals surface area contributed by atoms with Crippen molar-refractivity contribution in [3.8, 4) is 11.5 Å². The Hall–Kier alpha value is -3.51. The highest BCUT2D eigenvalue weighted by Gasteiger charge is 2.12. The second-order valence-corrected chi connectivity index (χ2v) is 6.90. The van der Waals surface area contributed by atoms with Crippen LogP contribution in [-0.4, -0.2) is 24.8 Å². The van der Waals surface area contributed by atoms with E-state index in [1.165, 1.54) is 0 Å². The summed E-state index contributed by atoms with van der Waals surface area (Å²) in [4.78, 5) is 12.4. The third kappa shape index (κ3) is 5.99. The van der Waals surface area contributed by atoms with Crippen molar-refractivity contribution in [2.75, 3.05) is 19.0 Å². The number of methoxy groups -OCH3 is 1. The SMILES string of the molecule is COc1ccc(C(O)CNC(=O)Nc2ccc(C)cc2OCc2ccccc2)cc1. The first kappa shape index (κ1) is 21.2. The van der Waals surface area contributed by atoms with Crippen molar-refractivity contribution in [1.82, 2.24) is 5.32 Å². The molecular formula is C24H26N2O4. The fourth-order valence-corrected chi connectivity index (χ4v) is 2.89. The first-order chi connectivity index (χ1) is 14.5. The summed E-state index contributed by atoms with van der Waals surface area (Å²) in [7, 11) is 1.58. The number of nitrogens with one attached hydrogen (secondary N) is 2. The number of amides is 2. The predicted molar refractivity (Wildman–Crippen MR) is 117 cm³/mol. The molecule has 0 aliphatic rings. The molecule has 0 heterocycles. The number of carbonyl (C=O) groups is 1. The molecule has 0 aliphatic heterocycles. The third-order valence-electron chi connectivity index (χ3n) is 4.58. The van der Waals surface area contributed by atoms with Crippen LogP contribution in [-0.2, 0) is 6.61 Å². The van der Waals surface area contributed by atoms with E-state index < -0.39 is 12.1 Å². The van der Waals surface area contributed by atoms with E-state index in [4.69, 9.17) is 9.47 Å². The molecule has 0 aliphatic carbocycles. The standard InChI is InChI=1S/C24H26N2O4/c1-17-8-13-21(23(14-17)30-16-18-6-4-3-5-7-18)26-24(28)25-15-22(27)19-9-11-20(29-2)12-10-19/h3-14,22,27H,15-16H2,1-2H3,(H2,25,26,28). The first-order valence-electron chi connectivity index (χ1n) is 9.69. The van der Waals surface area contributed by atoms with E-state index in [1.54, 1.807) is 37.4 Å². The van der Waals surface area contributed by atoms with Crippen molar-refractivity contribution in [3.63, 3.8) is 0 Å². The van der Waals surface area contributed by atoms with Gasteiger partial charge in [-0.1, -0.05) is 48.5 Å². The van der Waals surface area contributed by atoms with E-state index in [-0.39, 0.29) is 6.54 Å². The summed E-state index contributed by atoms with van der Waals surface area (Å²) in [6.07, 6.45) is -0.825. The number of anilines is 1.